The maximum absolute atomic E-state index is 12.1. The molecule has 2 aliphatic rings. The Morgan fingerprint density at radius 3 is 2.67 bits per heavy atom. The third kappa shape index (κ3) is 5.06. The molecule has 2 atom stereocenters. The highest BCUT2D eigenvalue weighted by molar-refractivity contribution is 5.89. The number of carbonyl (C=O) groups is 1. The van der Waals surface area contributed by atoms with Crippen molar-refractivity contribution in [1.82, 2.24) is 24.8 Å². The monoisotopic (exact) mass is 539 g/mol. The number of morpholine rings is 1. The van der Waals surface area contributed by atoms with Crippen LogP contribution in [0, 0.1) is 11.3 Å². The molecule has 11 heteroatoms. The van der Waals surface area contributed by atoms with Crippen LogP contribution in [0.4, 0.5) is 5.69 Å². The van der Waals surface area contributed by atoms with Gasteiger partial charge in [0, 0.05) is 42.9 Å². The first-order chi connectivity index (χ1) is 19.5. The Morgan fingerprint density at radius 1 is 1.15 bits per heavy atom. The van der Waals surface area contributed by atoms with Crippen molar-refractivity contribution < 1.29 is 19.4 Å². The number of aliphatic hydroxyl groups is 1. The van der Waals surface area contributed by atoms with E-state index in [0.29, 0.717) is 53.5 Å². The zero-order chi connectivity index (χ0) is 27.6. The van der Waals surface area contributed by atoms with Gasteiger partial charge in [-0.25, -0.2) is 15.0 Å². The van der Waals surface area contributed by atoms with Crippen LogP contribution in [0.15, 0.2) is 48.8 Å². The molecule has 11 nitrogen and oxygen atoms in total. The fourth-order valence-corrected chi connectivity index (χ4v) is 5.17. The number of fused-ring (bicyclic) bond motifs is 1. The minimum Gasteiger partial charge on any atom is -0.487 e. The number of nitrogens with one attached hydrogen (secondary N) is 1. The van der Waals surface area contributed by atoms with Crippen LogP contribution in [0.1, 0.15) is 18.9 Å². The van der Waals surface area contributed by atoms with Gasteiger partial charge < -0.3 is 29.4 Å². The highest BCUT2D eigenvalue weighted by Gasteiger charge is 2.30. The fraction of sp³-hybridized carbons (Fsp3) is 0.345. The van der Waals surface area contributed by atoms with Crippen molar-refractivity contribution in [3.05, 3.63) is 54.4 Å². The Hall–Kier alpha value is -4.53. The molecule has 40 heavy (non-hydrogen) atoms. The lowest BCUT2D eigenvalue weighted by molar-refractivity contribution is -0.138. The molecule has 0 aliphatic carbocycles. The first-order valence-corrected chi connectivity index (χ1v) is 13.3. The molecule has 2 N–H and O–H groups in total. The molecule has 6 rings (SSSR count). The summed E-state index contributed by atoms with van der Waals surface area (Å²) in [7, 11) is 0. The summed E-state index contributed by atoms with van der Waals surface area (Å²) >= 11 is 0. The van der Waals surface area contributed by atoms with Crippen LogP contribution in [-0.4, -0.2) is 87.5 Å². The Kier molecular flexibility index (Phi) is 7.02. The third-order valence-corrected chi connectivity index (χ3v) is 7.29. The van der Waals surface area contributed by atoms with E-state index in [1.807, 2.05) is 18.2 Å². The summed E-state index contributed by atoms with van der Waals surface area (Å²) in [5, 5.41) is 19.5. The van der Waals surface area contributed by atoms with Gasteiger partial charge in [0.25, 0.3) is 5.91 Å². The number of aliphatic hydroxyl groups excluding tert-OH is 1. The molecule has 1 amide bonds. The summed E-state index contributed by atoms with van der Waals surface area (Å²) < 4.78 is 11.5. The number of benzene rings is 2. The van der Waals surface area contributed by atoms with Crippen molar-refractivity contribution in [2.45, 2.75) is 25.6 Å². The Bertz CT molecular complexity index is 1570. The number of aromatic nitrogens is 4. The Morgan fingerprint density at radius 2 is 1.93 bits per heavy atom. The number of hydrogen-bond acceptors (Lipinski definition) is 9. The van der Waals surface area contributed by atoms with Gasteiger partial charge in [-0.05, 0) is 49.4 Å². The van der Waals surface area contributed by atoms with Gasteiger partial charge in [-0.3, -0.25) is 4.79 Å². The number of amides is 1. The van der Waals surface area contributed by atoms with Gasteiger partial charge in [0.05, 0.1) is 31.0 Å². The van der Waals surface area contributed by atoms with E-state index in [1.165, 1.54) is 13.3 Å². The Labute approximate surface area is 231 Å². The Balaban J connectivity index is 1.23. The number of H-pyrrole nitrogens is 1. The first-order valence-electron chi connectivity index (χ1n) is 13.3. The van der Waals surface area contributed by atoms with Crippen LogP contribution < -0.4 is 9.64 Å². The van der Waals surface area contributed by atoms with Crippen molar-refractivity contribution in [1.29, 1.82) is 5.26 Å². The summed E-state index contributed by atoms with van der Waals surface area (Å²) in [5.41, 5.74) is 5.01. The molecular weight excluding hydrogens is 510 g/mol. The van der Waals surface area contributed by atoms with Crippen LogP contribution in [0.5, 0.6) is 5.75 Å². The van der Waals surface area contributed by atoms with E-state index in [4.69, 9.17) is 14.5 Å². The fourth-order valence-electron chi connectivity index (χ4n) is 5.17. The third-order valence-electron chi connectivity index (χ3n) is 7.29. The molecule has 0 spiro atoms. The van der Waals surface area contributed by atoms with E-state index in [-0.39, 0.29) is 12.0 Å². The molecular formula is C29H29N7O4. The highest BCUT2D eigenvalue weighted by atomic mass is 16.5. The SMILES string of the molecule is C[C@H](O)C(=O)N1CCC(Oc2ccc(-c3ncnc4nc(-c5ccc(N6CCOCC6)cc5)[nH]c34)cc2C#N)C1. The number of likely N-dealkylation sites (tertiary alicyclic amines) is 1. The summed E-state index contributed by atoms with van der Waals surface area (Å²) in [6.07, 6.45) is 0.792. The number of imidazole rings is 1. The number of aromatic amines is 1. The summed E-state index contributed by atoms with van der Waals surface area (Å²) in [5.74, 6) is 0.809. The molecule has 2 aromatic carbocycles. The molecule has 2 aliphatic heterocycles. The zero-order valence-corrected chi connectivity index (χ0v) is 22.1. The van der Waals surface area contributed by atoms with E-state index in [1.54, 1.807) is 17.0 Å². The van der Waals surface area contributed by atoms with Gasteiger partial charge in [-0.1, -0.05) is 0 Å². The van der Waals surface area contributed by atoms with Crippen molar-refractivity contribution in [3.63, 3.8) is 0 Å². The minimum absolute atomic E-state index is 0.254. The molecule has 2 saturated heterocycles. The van der Waals surface area contributed by atoms with E-state index in [0.717, 1.165) is 43.1 Å². The predicted octanol–water partition coefficient (Wildman–Crippen LogP) is 2.76. The van der Waals surface area contributed by atoms with Gasteiger partial charge in [0.1, 0.15) is 41.7 Å². The summed E-state index contributed by atoms with van der Waals surface area (Å²) in [6.45, 7) is 5.55. The minimum atomic E-state index is -1.05. The van der Waals surface area contributed by atoms with Crippen molar-refractivity contribution in [2.75, 3.05) is 44.3 Å². The highest BCUT2D eigenvalue weighted by Crippen LogP contribution is 2.32. The second kappa shape index (κ2) is 10.9. The van der Waals surface area contributed by atoms with Crippen molar-refractivity contribution in [3.8, 4) is 34.5 Å². The molecule has 204 valence electrons. The molecule has 1 unspecified atom stereocenters. The van der Waals surface area contributed by atoms with Gasteiger partial charge in [-0.2, -0.15) is 5.26 Å². The maximum atomic E-state index is 12.1. The lowest BCUT2D eigenvalue weighted by atomic mass is 10.1. The van der Waals surface area contributed by atoms with E-state index >= 15 is 0 Å². The molecule has 2 fully saturated rings. The number of nitrogens with zero attached hydrogens (tertiary/aromatic N) is 6. The first kappa shape index (κ1) is 25.7. The van der Waals surface area contributed by atoms with Gasteiger partial charge in [0.15, 0.2) is 5.65 Å². The number of nitriles is 1. The largest absolute Gasteiger partial charge is 0.487 e. The standard InChI is InChI=1S/C29H29N7O4/c1-18(37)29(38)36-9-8-23(16-36)40-24-7-4-20(14-21(24)15-30)25-26-28(32-17-31-25)34-27(33-26)19-2-5-22(6-3-19)35-10-12-39-13-11-35/h2-7,14,17-18,23,37H,8-13,16H2,1H3,(H,31,32,33,34)/t18-,23?/m0/s1. The quantitative estimate of drug-likeness (QED) is 0.378. The molecule has 0 bridgehead atoms. The van der Waals surface area contributed by atoms with Crippen LogP contribution in [-0.2, 0) is 9.53 Å². The van der Waals surface area contributed by atoms with Crippen LogP contribution in [0.25, 0.3) is 33.8 Å². The number of carbonyl (C=O) groups excluding carboxylic acids is 1. The molecule has 0 radical (unpaired) electrons. The second-order valence-electron chi connectivity index (χ2n) is 9.96. The zero-order valence-electron chi connectivity index (χ0n) is 22.1. The number of rotatable bonds is 6. The lowest BCUT2D eigenvalue weighted by Gasteiger charge is -2.28. The topological polar surface area (TPSA) is 140 Å². The van der Waals surface area contributed by atoms with Crippen LogP contribution >= 0.6 is 0 Å². The van der Waals surface area contributed by atoms with Crippen molar-refractivity contribution >= 4 is 22.8 Å². The van der Waals surface area contributed by atoms with Gasteiger partial charge >= 0.3 is 0 Å². The number of anilines is 1. The molecule has 4 aromatic rings. The lowest BCUT2D eigenvalue weighted by Crippen LogP contribution is -2.37. The van der Waals surface area contributed by atoms with Crippen LogP contribution in [0.2, 0.25) is 0 Å². The molecule has 0 saturated carbocycles. The maximum Gasteiger partial charge on any atom is 0.251 e. The summed E-state index contributed by atoms with van der Waals surface area (Å²) in [6, 6.07) is 15.8. The number of ether oxygens (including phenoxy) is 2. The number of hydrogen-bond donors (Lipinski definition) is 2. The van der Waals surface area contributed by atoms with Crippen LogP contribution in [0.3, 0.4) is 0 Å². The summed E-state index contributed by atoms with van der Waals surface area (Å²) in [4.78, 5) is 32.9. The van der Waals surface area contributed by atoms with Gasteiger partial charge in [-0.15, -0.1) is 0 Å². The van der Waals surface area contributed by atoms with Gasteiger partial charge in [0.2, 0.25) is 0 Å². The average Bonchev–Trinajstić information content (AvgIpc) is 3.65. The second-order valence-corrected chi connectivity index (χ2v) is 9.96. The predicted molar refractivity (Wildman–Crippen MR) is 148 cm³/mol. The molecule has 4 heterocycles. The average molecular weight is 540 g/mol. The van der Waals surface area contributed by atoms with E-state index in [2.05, 4.69) is 38.1 Å². The molecule has 2 aromatic heterocycles. The van der Waals surface area contributed by atoms with E-state index < -0.39 is 6.10 Å². The smallest absolute Gasteiger partial charge is 0.251 e. The van der Waals surface area contributed by atoms with Crippen molar-refractivity contribution in [2.24, 2.45) is 0 Å². The normalized spacial score (nSPS) is 18.1. The van der Waals surface area contributed by atoms with E-state index in [9.17, 15) is 15.2 Å².